The zero-order valence-corrected chi connectivity index (χ0v) is 9.18. The quantitative estimate of drug-likeness (QED) is 0.569. The summed E-state index contributed by atoms with van der Waals surface area (Å²) in [5.74, 6) is 0.234. The molecule has 2 aromatic rings. The molecule has 0 saturated carbocycles. The fourth-order valence-electron chi connectivity index (χ4n) is 1.43. The molecular formula is C12H12N2O2. The van der Waals surface area contributed by atoms with Crippen LogP contribution >= 0.6 is 0 Å². The predicted octanol–water partition coefficient (Wildman–Crippen LogP) is 2.01. The van der Waals surface area contributed by atoms with Crippen LogP contribution < -0.4 is 4.74 Å². The fourth-order valence-corrected chi connectivity index (χ4v) is 1.43. The van der Waals surface area contributed by atoms with Crippen LogP contribution in [0, 0.1) is 0 Å². The first kappa shape index (κ1) is 10.4. The molecule has 82 valence electrons. The summed E-state index contributed by atoms with van der Waals surface area (Å²) in [4.78, 5) is 10.7. The van der Waals surface area contributed by atoms with Crippen molar-refractivity contribution in [1.82, 2.24) is 9.78 Å². The first-order valence-corrected chi connectivity index (χ1v) is 4.93. The number of hydrogen-bond acceptors (Lipinski definition) is 3. The van der Waals surface area contributed by atoms with Crippen LogP contribution in [0.2, 0.25) is 0 Å². The van der Waals surface area contributed by atoms with E-state index in [4.69, 9.17) is 4.74 Å². The molecule has 0 aliphatic carbocycles. The number of aryl methyl sites for hydroxylation is 1. The topological polar surface area (TPSA) is 44.1 Å². The van der Waals surface area contributed by atoms with Gasteiger partial charge in [-0.2, -0.15) is 5.10 Å². The molecule has 1 aromatic carbocycles. The minimum Gasteiger partial charge on any atom is -0.427 e. The van der Waals surface area contributed by atoms with E-state index in [0.29, 0.717) is 5.75 Å². The average molecular weight is 216 g/mol. The molecule has 0 radical (unpaired) electrons. The Hall–Kier alpha value is -2.10. The Morgan fingerprint density at radius 3 is 2.44 bits per heavy atom. The summed E-state index contributed by atoms with van der Waals surface area (Å²) < 4.78 is 6.69. The van der Waals surface area contributed by atoms with Crippen molar-refractivity contribution in [2.75, 3.05) is 0 Å². The Morgan fingerprint density at radius 2 is 1.94 bits per heavy atom. The van der Waals surface area contributed by atoms with Gasteiger partial charge in [0.2, 0.25) is 0 Å². The van der Waals surface area contributed by atoms with E-state index in [2.05, 4.69) is 5.10 Å². The summed E-state index contributed by atoms with van der Waals surface area (Å²) in [6.07, 6.45) is 1.88. The van der Waals surface area contributed by atoms with E-state index < -0.39 is 0 Å². The van der Waals surface area contributed by atoms with Gasteiger partial charge in [-0.1, -0.05) is 0 Å². The standard InChI is InChI=1S/C12H12N2O2/c1-9(15)16-11-5-3-10(4-6-11)12-7-8-14(2)13-12/h3-8H,1-2H3. The summed E-state index contributed by atoms with van der Waals surface area (Å²) in [7, 11) is 1.87. The Bertz CT molecular complexity index is 500. The third kappa shape index (κ3) is 2.28. The van der Waals surface area contributed by atoms with Gasteiger partial charge in [0.1, 0.15) is 5.75 Å². The van der Waals surface area contributed by atoms with Crippen LogP contribution in [0.4, 0.5) is 0 Å². The second kappa shape index (κ2) is 4.18. The minimum absolute atomic E-state index is 0.314. The van der Waals surface area contributed by atoms with Crippen LogP contribution in [0.25, 0.3) is 11.3 Å². The van der Waals surface area contributed by atoms with Gasteiger partial charge in [0, 0.05) is 25.7 Å². The molecule has 1 heterocycles. The first-order chi connectivity index (χ1) is 7.65. The summed E-state index contributed by atoms with van der Waals surface area (Å²) in [5, 5.41) is 4.28. The van der Waals surface area contributed by atoms with Crippen molar-refractivity contribution in [3.63, 3.8) is 0 Å². The first-order valence-electron chi connectivity index (χ1n) is 4.93. The Morgan fingerprint density at radius 1 is 1.25 bits per heavy atom. The van der Waals surface area contributed by atoms with E-state index in [-0.39, 0.29) is 5.97 Å². The molecule has 0 unspecified atom stereocenters. The van der Waals surface area contributed by atoms with Gasteiger partial charge in [-0.3, -0.25) is 9.48 Å². The lowest BCUT2D eigenvalue weighted by Gasteiger charge is -2.01. The number of nitrogens with zero attached hydrogens (tertiary/aromatic N) is 2. The molecule has 0 spiro atoms. The molecule has 0 bridgehead atoms. The molecule has 4 nitrogen and oxygen atoms in total. The molecule has 0 aliphatic heterocycles. The Kier molecular flexibility index (Phi) is 2.72. The monoisotopic (exact) mass is 216 g/mol. The maximum Gasteiger partial charge on any atom is 0.308 e. The SMILES string of the molecule is CC(=O)Oc1ccc(-c2ccn(C)n2)cc1. The van der Waals surface area contributed by atoms with Gasteiger partial charge in [-0.15, -0.1) is 0 Å². The molecule has 1 aromatic heterocycles. The number of rotatable bonds is 2. The van der Waals surface area contributed by atoms with Crippen molar-refractivity contribution in [2.45, 2.75) is 6.92 Å². The zero-order valence-electron chi connectivity index (χ0n) is 9.18. The van der Waals surface area contributed by atoms with Gasteiger partial charge in [-0.05, 0) is 30.3 Å². The van der Waals surface area contributed by atoms with Gasteiger partial charge in [0.15, 0.2) is 0 Å². The fraction of sp³-hybridized carbons (Fsp3) is 0.167. The molecule has 0 fully saturated rings. The lowest BCUT2D eigenvalue weighted by atomic mass is 10.1. The van der Waals surface area contributed by atoms with E-state index in [1.165, 1.54) is 6.92 Å². The van der Waals surface area contributed by atoms with Crippen molar-refractivity contribution >= 4 is 5.97 Å². The molecule has 16 heavy (non-hydrogen) atoms. The van der Waals surface area contributed by atoms with Crippen molar-refractivity contribution in [1.29, 1.82) is 0 Å². The third-order valence-corrected chi connectivity index (χ3v) is 2.13. The Balaban J connectivity index is 2.22. The molecule has 4 heteroatoms. The van der Waals surface area contributed by atoms with E-state index in [0.717, 1.165) is 11.3 Å². The van der Waals surface area contributed by atoms with Gasteiger partial charge in [0.05, 0.1) is 5.69 Å². The smallest absolute Gasteiger partial charge is 0.308 e. The largest absolute Gasteiger partial charge is 0.427 e. The lowest BCUT2D eigenvalue weighted by molar-refractivity contribution is -0.131. The molecule has 0 atom stereocenters. The van der Waals surface area contributed by atoms with Crippen molar-refractivity contribution in [2.24, 2.45) is 7.05 Å². The summed E-state index contributed by atoms with van der Waals surface area (Å²) in [6, 6.07) is 9.19. The van der Waals surface area contributed by atoms with E-state index in [1.807, 2.05) is 31.4 Å². The Labute approximate surface area is 93.5 Å². The van der Waals surface area contributed by atoms with E-state index >= 15 is 0 Å². The van der Waals surface area contributed by atoms with Gasteiger partial charge < -0.3 is 4.74 Å². The molecule has 0 aliphatic rings. The maximum absolute atomic E-state index is 10.7. The van der Waals surface area contributed by atoms with Crippen LogP contribution in [-0.2, 0) is 11.8 Å². The number of esters is 1. The highest BCUT2D eigenvalue weighted by atomic mass is 16.5. The lowest BCUT2D eigenvalue weighted by Crippen LogP contribution is -2.00. The van der Waals surface area contributed by atoms with Crippen molar-refractivity contribution in [3.8, 4) is 17.0 Å². The van der Waals surface area contributed by atoms with Crippen LogP contribution in [0.1, 0.15) is 6.92 Å². The number of carbonyl (C=O) groups excluding carboxylic acids is 1. The van der Waals surface area contributed by atoms with Crippen LogP contribution in [0.5, 0.6) is 5.75 Å². The normalized spacial score (nSPS) is 10.1. The molecule has 0 N–H and O–H groups in total. The molecule has 0 saturated heterocycles. The number of hydrogen-bond donors (Lipinski definition) is 0. The number of carbonyl (C=O) groups is 1. The van der Waals surface area contributed by atoms with Crippen LogP contribution in [0.3, 0.4) is 0 Å². The number of ether oxygens (including phenoxy) is 1. The van der Waals surface area contributed by atoms with Gasteiger partial charge >= 0.3 is 5.97 Å². The second-order valence-corrected chi connectivity index (χ2v) is 3.49. The highest BCUT2D eigenvalue weighted by Gasteiger charge is 2.02. The molecule has 2 rings (SSSR count). The predicted molar refractivity (Wildman–Crippen MR) is 60.0 cm³/mol. The summed E-state index contributed by atoms with van der Waals surface area (Å²) in [5.41, 5.74) is 1.90. The zero-order chi connectivity index (χ0) is 11.5. The molecular weight excluding hydrogens is 204 g/mol. The number of benzene rings is 1. The van der Waals surface area contributed by atoms with Crippen LogP contribution in [0.15, 0.2) is 36.5 Å². The van der Waals surface area contributed by atoms with Crippen molar-refractivity contribution in [3.05, 3.63) is 36.5 Å². The highest BCUT2D eigenvalue weighted by molar-refractivity contribution is 5.70. The minimum atomic E-state index is -0.314. The van der Waals surface area contributed by atoms with E-state index in [9.17, 15) is 4.79 Å². The van der Waals surface area contributed by atoms with Crippen molar-refractivity contribution < 1.29 is 9.53 Å². The average Bonchev–Trinajstić information content (AvgIpc) is 2.65. The number of aromatic nitrogens is 2. The third-order valence-electron chi connectivity index (χ3n) is 2.13. The second-order valence-electron chi connectivity index (χ2n) is 3.49. The summed E-state index contributed by atoms with van der Waals surface area (Å²) >= 11 is 0. The highest BCUT2D eigenvalue weighted by Crippen LogP contribution is 2.20. The van der Waals surface area contributed by atoms with Gasteiger partial charge in [0.25, 0.3) is 0 Å². The summed E-state index contributed by atoms with van der Waals surface area (Å²) in [6.45, 7) is 1.38. The van der Waals surface area contributed by atoms with Gasteiger partial charge in [-0.25, -0.2) is 0 Å². The van der Waals surface area contributed by atoms with Crippen LogP contribution in [-0.4, -0.2) is 15.7 Å². The maximum atomic E-state index is 10.7. The molecule has 0 amide bonds. The van der Waals surface area contributed by atoms with E-state index in [1.54, 1.807) is 16.8 Å².